The van der Waals surface area contributed by atoms with Gasteiger partial charge in [0.2, 0.25) is 0 Å². The zero-order valence-electron chi connectivity index (χ0n) is 15.0. The number of methoxy groups -OCH3 is 1. The molecule has 1 atom stereocenters. The van der Waals surface area contributed by atoms with E-state index in [9.17, 15) is 0 Å². The van der Waals surface area contributed by atoms with E-state index < -0.39 is 0 Å². The average molecular weight is 335 g/mol. The van der Waals surface area contributed by atoms with Gasteiger partial charge < -0.3 is 10.5 Å². The number of hydrogen-bond acceptors (Lipinski definition) is 3. The van der Waals surface area contributed by atoms with Crippen molar-refractivity contribution in [3.05, 3.63) is 71.4 Å². The van der Waals surface area contributed by atoms with E-state index in [0.29, 0.717) is 12.5 Å². The summed E-state index contributed by atoms with van der Waals surface area (Å²) >= 11 is 0. The van der Waals surface area contributed by atoms with Gasteiger partial charge in [-0.2, -0.15) is 5.10 Å². The van der Waals surface area contributed by atoms with Crippen LogP contribution >= 0.6 is 0 Å². The lowest BCUT2D eigenvalue weighted by Crippen LogP contribution is -2.14. The van der Waals surface area contributed by atoms with Crippen LogP contribution in [0.4, 0.5) is 0 Å². The summed E-state index contributed by atoms with van der Waals surface area (Å²) in [5, 5.41) is 7.62. The van der Waals surface area contributed by atoms with Gasteiger partial charge >= 0.3 is 0 Å². The second kappa shape index (κ2) is 7.53. The van der Waals surface area contributed by atoms with Crippen LogP contribution < -0.4 is 10.5 Å². The lowest BCUT2D eigenvalue weighted by molar-refractivity contribution is 0.415. The molecule has 2 aromatic carbocycles. The first kappa shape index (κ1) is 17.2. The Kier molecular flexibility index (Phi) is 5.19. The van der Waals surface area contributed by atoms with Crippen LogP contribution in [0.2, 0.25) is 0 Å². The second-order valence-corrected chi connectivity index (χ2v) is 6.55. The summed E-state index contributed by atoms with van der Waals surface area (Å²) in [6.45, 7) is 4.93. The number of hydrogen-bond donors (Lipinski definition) is 2. The Bertz CT molecular complexity index is 804. The maximum atomic E-state index is 6.06. The summed E-state index contributed by atoms with van der Waals surface area (Å²) in [6.07, 6.45) is 0. The maximum absolute atomic E-state index is 6.06. The van der Waals surface area contributed by atoms with Crippen molar-refractivity contribution in [2.24, 2.45) is 5.73 Å². The first-order chi connectivity index (χ1) is 12.1. The number of nitrogens with two attached hydrogens (primary N) is 1. The molecule has 0 aliphatic heterocycles. The summed E-state index contributed by atoms with van der Waals surface area (Å²) in [4.78, 5) is 0. The van der Waals surface area contributed by atoms with Crippen molar-refractivity contribution in [2.75, 3.05) is 13.7 Å². The van der Waals surface area contributed by atoms with Crippen LogP contribution in [0.5, 0.6) is 5.75 Å². The summed E-state index contributed by atoms with van der Waals surface area (Å²) in [5.74, 6) is 1.48. The van der Waals surface area contributed by atoms with Gasteiger partial charge in [-0.25, -0.2) is 0 Å². The summed E-state index contributed by atoms with van der Waals surface area (Å²) in [7, 11) is 1.66. The number of aromatic nitrogens is 2. The molecular weight excluding hydrogens is 310 g/mol. The number of H-pyrrole nitrogens is 1. The van der Waals surface area contributed by atoms with Crippen LogP contribution in [0.3, 0.4) is 0 Å². The van der Waals surface area contributed by atoms with Gasteiger partial charge in [0.25, 0.3) is 0 Å². The largest absolute Gasteiger partial charge is 0.497 e. The topological polar surface area (TPSA) is 63.9 Å². The SMILES string of the molecule is COc1ccc(-c2cc(C(CN)c3ccc(C(C)C)cc3)[nH]n2)cc1. The minimum absolute atomic E-state index is 0.112. The Morgan fingerprint density at radius 3 is 2.20 bits per heavy atom. The Hall–Kier alpha value is -2.59. The molecular formula is C21H25N3O. The molecule has 0 spiro atoms. The molecule has 0 radical (unpaired) electrons. The number of ether oxygens (including phenoxy) is 1. The molecule has 0 amide bonds. The molecule has 130 valence electrons. The van der Waals surface area contributed by atoms with Crippen molar-refractivity contribution in [3.8, 4) is 17.0 Å². The molecule has 3 rings (SSSR count). The molecule has 1 unspecified atom stereocenters. The third-order valence-corrected chi connectivity index (χ3v) is 4.60. The minimum atomic E-state index is 0.112. The number of rotatable bonds is 6. The van der Waals surface area contributed by atoms with E-state index in [1.165, 1.54) is 11.1 Å². The van der Waals surface area contributed by atoms with E-state index in [-0.39, 0.29) is 5.92 Å². The Labute approximate surface area is 149 Å². The number of benzene rings is 2. The molecule has 0 bridgehead atoms. The smallest absolute Gasteiger partial charge is 0.118 e. The highest BCUT2D eigenvalue weighted by Gasteiger charge is 2.16. The molecule has 0 saturated carbocycles. The van der Waals surface area contributed by atoms with Crippen LogP contribution in [0.25, 0.3) is 11.3 Å². The fourth-order valence-corrected chi connectivity index (χ4v) is 2.98. The quantitative estimate of drug-likeness (QED) is 0.706. The summed E-state index contributed by atoms with van der Waals surface area (Å²) < 4.78 is 5.21. The first-order valence-electron chi connectivity index (χ1n) is 8.62. The molecule has 0 aliphatic rings. The van der Waals surface area contributed by atoms with Gasteiger partial charge in [-0.3, -0.25) is 5.10 Å². The number of nitrogens with one attached hydrogen (secondary N) is 1. The van der Waals surface area contributed by atoms with E-state index in [2.05, 4.69) is 54.4 Å². The van der Waals surface area contributed by atoms with E-state index >= 15 is 0 Å². The zero-order chi connectivity index (χ0) is 17.8. The molecule has 0 saturated heterocycles. The molecule has 1 aromatic heterocycles. The van der Waals surface area contributed by atoms with Gasteiger partial charge in [-0.15, -0.1) is 0 Å². The first-order valence-corrected chi connectivity index (χ1v) is 8.62. The molecule has 4 heteroatoms. The summed E-state index contributed by atoms with van der Waals surface area (Å²) in [5.41, 5.74) is 11.6. The summed E-state index contributed by atoms with van der Waals surface area (Å²) in [6, 6.07) is 18.7. The third-order valence-electron chi connectivity index (χ3n) is 4.60. The van der Waals surface area contributed by atoms with Gasteiger partial charge in [0.05, 0.1) is 12.8 Å². The molecule has 0 aliphatic carbocycles. The van der Waals surface area contributed by atoms with Crippen molar-refractivity contribution in [1.82, 2.24) is 10.2 Å². The Morgan fingerprint density at radius 1 is 1.00 bits per heavy atom. The highest BCUT2D eigenvalue weighted by molar-refractivity contribution is 5.60. The zero-order valence-corrected chi connectivity index (χ0v) is 15.0. The van der Waals surface area contributed by atoms with Gasteiger partial charge in [0, 0.05) is 23.7 Å². The van der Waals surface area contributed by atoms with Gasteiger partial charge in [0.15, 0.2) is 0 Å². The van der Waals surface area contributed by atoms with Crippen LogP contribution in [0.15, 0.2) is 54.6 Å². The molecule has 4 nitrogen and oxygen atoms in total. The van der Waals surface area contributed by atoms with Gasteiger partial charge in [-0.1, -0.05) is 38.1 Å². The molecule has 0 fully saturated rings. The number of aromatic amines is 1. The Morgan fingerprint density at radius 2 is 1.64 bits per heavy atom. The predicted molar refractivity (Wildman–Crippen MR) is 102 cm³/mol. The fraction of sp³-hybridized carbons (Fsp3) is 0.286. The third kappa shape index (κ3) is 3.74. The van der Waals surface area contributed by atoms with Crippen LogP contribution in [0, 0.1) is 0 Å². The molecule has 3 N–H and O–H groups in total. The normalized spacial score (nSPS) is 12.4. The van der Waals surface area contributed by atoms with Gasteiger partial charge in [-0.05, 0) is 47.4 Å². The van der Waals surface area contributed by atoms with Crippen molar-refractivity contribution >= 4 is 0 Å². The molecule has 1 heterocycles. The maximum Gasteiger partial charge on any atom is 0.118 e. The van der Waals surface area contributed by atoms with Crippen LogP contribution in [-0.2, 0) is 0 Å². The van der Waals surface area contributed by atoms with E-state index in [1.807, 2.05) is 24.3 Å². The average Bonchev–Trinajstić information content (AvgIpc) is 3.12. The standard InChI is InChI=1S/C21H25N3O/c1-14(2)15-4-6-16(7-5-15)19(13-22)21-12-20(23-24-21)17-8-10-18(25-3)11-9-17/h4-12,14,19H,13,22H2,1-3H3,(H,23,24). The highest BCUT2D eigenvalue weighted by Crippen LogP contribution is 2.28. The van der Waals surface area contributed by atoms with Crippen molar-refractivity contribution in [3.63, 3.8) is 0 Å². The van der Waals surface area contributed by atoms with Crippen molar-refractivity contribution in [1.29, 1.82) is 0 Å². The molecule has 25 heavy (non-hydrogen) atoms. The van der Waals surface area contributed by atoms with Crippen LogP contribution in [-0.4, -0.2) is 23.9 Å². The monoisotopic (exact) mass is 335 g/mol. The van der Waals surface area contributed by atoms with Gasteiger partial charge in [0.1, 0.15) is 5.75 Å². The van der Waals surface area contributed by atoms with Crippen LogP contribution in [0.1, 0.15) is 42.5 Å². The second-order valence-electron chi connectivity index (χ2n) is 6.55. The van der Waals surface area contributed by atoms with E-state index in [4.69, 9.17) is 10.5 Å². The van der Waals surface area contributed by atoms with E-state index in [0.717, 1.165) is 22.7 Å². The van der Waals surface area contributed by atoms with E-state index in [1.54, 1.807) is 7.11 Å². The highest BCUT2D eigenvalue weighted by atomic mass is 16.5. The Balaban J connectivity index is 1.85. The predicted octanol–water partition coefficient (Wildman–Crippen LogP) is 4.30. The number of nitrogens with zero attached hydrogens (tertiary/aromatic N) is 1. The lowest BCUT2D eigenvalue weighted by Gasteiger charge is -2.14. The van der Waals surface area contributed by atoms with Crippen molar-refractivity contribution < 1.29 is 4.74 Å². The molecule has 3 aromatic rings. The fourth-order valence-electron chi connectivity index (χ4n) is 2.98. The lowest BCUT2D eigenvalue weighted by atomic mass is 9.92. The minimum Gasteiger partial charge on any atom is -0.497 e. The van der Waals surface area contributed by atoms with Crippen molar-refractivity contribution in [2.45, 2.75) is 25.7 Å².